The minimum atomic E-state index is -0.274. The molecule has 3 rings (SSSR count). The summed E-state index contributed by atoms with van der Waals surface area (Å²) in [7, 11) is 1.80. The molecule has 0 aliphatic rings. The van der Waals surface area contributed by atoms with Gasteiger partial charge in [0.2, 0.25) is 0 Å². The van der Waals surface area contributed by atoms with E-state index in [1.807, 2.05) is 18.2 Å². The van der Waals surface area contributed by atoms with Crippen molar-refractivity contribution in [2.24, 2.45) is 18.5 Å². The van der Waals surface area contributed by atoms with Crippen LogP contribution in [0, 0.1) is 5.82 Å². The molecular formula is C20H24FN5O. The summed E-state index contributed by atoms with van der Waals surface area (Å²) in [5, 5.41) is 2.83. The molecule has 0 radical (unpaired) electrons. The zero-order valence-corrected chi connectivity index (χ0v) is 15.3. The quantitative estimate of drug-likeness (QED) is 0.594. The van der Waals surface area contributed by atoms with Crippen molar-refractivity contribution in [1.82, 2.24) is 14.9 Å². The van der Waals surface area contributed by atoms with Gasteiger partial charge >= 0.3 is 0 Å². The summed E-state index contributed by atoms with van der Waals surface area (Å²) in [4.78, 5) is 16.9. The Morgan fingerprint density at radius 1 is 1.22 bits per heavy atom. The zero-order chi connectivity index (χ0) is 19.4. The molecule has 0 fully saturated rings. The lowest BCUT2D eigenvalue weighted by atomic mass is 10.1. The number of benzene rings is 2. The van der Waals surface area contributed by atoms with Gasteiger partial charge < -0.3 is 21.4 Å². The number of halogens is 1. The topological polar surface area (TPSA) is 99.0 Å². The third-order valence-electron chi connectivity index (χ3n) is 4.57. The molecule has 142 valence electrons. The van der Waals surface area contributed by atoms with Crippen LogP contribution >= 0.6 is 0 Å². The number of nitrogens with one attached hydrogen (secondary N) is 1. The number of imidazole rings is 1. The van der Waals surface area contributed by atoms with Crippen molar-refractivity contribution >= 4 is 16.9 Å². The molecule has 27 heavy (non-hydrogen) atoms. The maximum atomic E-state index is 13.1. The van der Waals surface area contributed by atoms with Gasteiger partial charge in [0.05, 0.1) is 11.0 Å². The van der Waals surface area contributed by atoms with E-state index in [9.17, 15) is 9.18 Å². The predicted molar refractivity (Wildman–Crippen MR) is 105 cm³/mol. The maximum absolute atomic E-state index is 13.1. The van der Waals surface area contributed by atoms with Gasteiger partial charge in [0, 0.05) is 19.6 Å². The summed E-state index contributed by atoms with van der Waals surface area (Å²) >= 11 is 0. The molecule has 0 saturated heterocycles. The fraction of sp³-hybridized carbons (Fsp3) is 0.300. The fourth-order valence-corrected chi connectivity index (χ4v) is 3.00. The average Bonchev–Trinajstić information content (AvgIpc) is 3.01. The standard InChI is InChI=1S/C20H24FN5O/c1-26-18-11-14(13-4-7-15(21)8-5-13)6-9-17(18)25-19(26)20(27)24-12-16(23)3-2-10-22/h4-9,11,16H,2-3,10,12,22-23H2,1H3,(H,24,27). The molecule has 0 aliphatic carbocycles. The molecule has 1 unspecified atom stereocenters. The summed E-state index contributed by atoms with van der Waals surface area (Å²) < 4.78 is 14.9. The molecule has 0 spiro atoms. The first-order valence-electron chi connectivity index (χ1n) is 8.96. The van der Waals surface area contributed by atoms with Crippen LogP contribution in [0.4, 0.5) is 4.39 Å². The molecule has 2 aromatic carbocycles. The Morgan fingerprint density at radius 3 is 2.63 bits per heavy atom. The third-order valence-corrected chi connectivity index (χ3v) is 4.57. The number of carbonyl (C=O) groups is 1. The van der Waals surface area contributed by atoms with Crippen LogP contribution in [0.15, 0.2) is 42.5 Å². The van der Waals surface area contributed by atoms with Crippen LogP contribution in [0.25, 0.3) is 22.2 Å². The Labute approximate surface area is 157 Å². The molecule has 7 heteroatoms. The van der Waals surface area contributed by atoms with Crippen molar-refractivity contribution in [3.63, 3.8) is 0 Å². The van der Waals surface area contributed by atoms with Crippen LogP contribution in [0.5, 0.6) is 0 Å². The van der Waals surface area contributed by atoms with Crippen molar-refractivity contribution in [2.45, 2.75) is 18.9 Å². The Balaban J connectivity index is 1.80. The number of amides is 1. The average molecular weight is 369 g/mol. The van der Waals surface area contributed by atoms with E-state index >= 15 is 0 Å². The van der Waals surface area contributed by atoms with Crippen LogP contribution in [-0.4, -0.2) is 34.6 Å². The smallest absolute Gasteiger partial charge is 0.287 e. The van der Waals surface area contributed by atoms with E-state index in [2.05, 4.69) is 10.3 Å². The van der Waals surface area contributed by atoms with Crippen molar-refractivity contribution in [3.05, 3.63) is 54.1 Å². The van der Waals surface area contributed by atoms with Gasteiger partial charge in [-0.15, -0.1) is 0 Å². The Kier molecular flexibility index (Phi) is 5.83. The minimum absolute atomic E-state index is 0.128. The van der Waals surface area contributed by atoms with Gasteiger partial charge in [-0.3, -0.25) is 4.79 Å². The Bertz CT molecular complexity index is 935. The van der Waals surface area contributed by atoms with Crippen molar-refractivity contribution < 1.29 is 9.18 Å². The Hall–Kier alpha value is -2.77. The van der Waals surface area contributed by atoms with Crippen LogP contribution in [0.2, 0.25) is 0 Å². The first-order valence-corrected chi connectivity index (χ1v) is 8.96. The summed E-state index contributed by atoms with van der Waals surface area (Å²) in [6.07, 6.45) is 1.59. The van der Waals surface area contributed by atoms with Crippen LogP contribution in [0.1, 0.15) is 23.5 Å². The lowest BCUT2D eigenvalue weighted by Gasteiger charge is -2.12. The van der Waals surface area contributed by atoms with Gasteiger partial charge in [-0.05, 0) is 54.8 Å². The van der Waals surface area contributed by atoms with Gasteiger partial charge in [0.25, 0.3) is 5.91 Å². The highest BCUT2D eigenvalue weighted by Crippen LogP contribution is 2.25. The van der Waals surface area contributed by atoms with Gasteiger partial charge in [-0.2, -0.15) is 0 Å². The monoisotopic (exact) mass is 369 g/mol. The second kappa shape index (κ2) is 8.28. The molecule has 1 amide bonds. The molecule has 1 heterocycles. The van der Waals surface area contributed by atoms with E-state index in [0.29, 0.717) is 18.9 Å². The van der Waals surface area contributed by atoms with Gasteiger partial charge in [0.15, 0.2) is 5.82 Å². The maximum Gasteiger partial charge on any atom is 0.287 e. The molecule has 5 N–H and O–H groups in total. The lowest BCUT2D eigenvalue weighted by Crippen LogP contribution is -2.38. The molecule has 3 aromatic rings. The number of nitrogens with two attached hydrogens (primary N) is 2. The van der Waals surface area contributed by atoms with Crippen LogP contribution in [0.3, 0.4) is 0 Å². The molecule has 1 aromatic heterocycles. The van der Waals surface area contributed by atoms with E-state index in [1.165, 1.54) is 12.1 Å². The molecular weight excluding hydrogens is 345 g/mol. The highest BCUT2D eigenvalue weighted by atomic mass is 19.1. The lowest BCUT2D eigenvalue weighted by molar-refractivity contribution is 0.0937. The van der Waals surface area contributed by atoms with Gasteiger partial charge in [-0.25, -0.2) is 9.37 Å². The summed E-state index contributed by atoms with van der Waals surface area (Å²) in [5.41, 5.74) is 14.8. The van der Waals surface area contributed by atoms with E-state index in [4.69, 9.17) is 11.5 Å². The van der Waals surface area contributed by atoms with Crippen LogP contribution < -0.4 is 16.8 Å². The summed E-state index contributed by atoms with van der Waals surface area (Å²) in [5.74, 6) is -0.212. The first kappa shape index (κ1) is 19.0. The number of carbonyl (C=O) groups excluding carboxylic acids is 1. The first-order chi connectivity index (χ1) is 13.0. The molecule has 6 nitrogen and oxygen atoms in total. The van der Waals surface area contributed by atoms with Crippen molar-refractivity contribution in [2.75, 3.05) is 13.1 Å². The Morgan fingerprint density at radius 2 is 1.93 bits per heavy atom. The molecule has 0 aliphatic heterocycles. The van der Waals surface area contributed by atoms with E-state index in [-0.39, 0.29) is 17.8 Å². The molecule has 1 atom stereocenters. The van der Waals surface area contributed by atoms with E-state index in [0.717, 1.165) is 35.0 Å². The normalized spacial score (nSPS) is 12.3. The number of fused-ring (bicyclic) bond motifs is 1. The summed E-state index contributed by atoms with van der Waals surface area (Å²) in [6, 6.07) is 11.9. The SMILES string of the molecule is Cn1c(C(=O)NCC(N)CCCN)nc2ccc(-c3ccc(F)cc3)cc21. The largest absolute Gasteiger partial charge is 0.348 e. The van der Waals surface area contributed by atoms with Crippen LogP contribution in [-0.2, 0) is 7.05 Å². The molecule has 0 bridgehead atoms. The number of nitrogens with zero attached hydrogens (tertiary/aromatic N) is 2. The summed E-state index contributed by atoms with van der Waals surface area (Å²) in [6.45, 7) is 0.964. The number of hydrogen-bond acceptors (Lipinski definition) is 4. The van der Waals surface area contributed by atoms with E-state index in [1.54, 1.807) is 23.7 Å². The number of aromatic nitrogens is 2. The van der Waals surface area contributed by atoms with Crippen molar-refractivity contribution in [3.8, 4) is 11.1 Å². The highest BCUT2D eigenvalue weighted by molar-refractivity contribution is 5.95. The predicted octanol–water partition coefficient (Wildman–Crippen LogP) is 2.18. The zero-order valence-electron chi connectivity index (χ0n) is 15.3. The molecule has 0 saturated carbocycles. The second-order valence-corrected chi connectivity index (χ2v) is 6.61. The third kappa shape index (κ3) is 4.32. The second-order valence-electron chi connectivity index (χ2n) is 6.61. The number of aryl methyl sites for hydroxylation is 1. The fourth-order valence-electron chi connectivity index (χ4n) is 3.00. The van der Waals surface area contributed by atoms with Gasteiger partial charge in [0.1, 0.15) is 5.82 Å². The van der Waals surface area contributed by atoms with Gasteiger partial charge in [-0.1, -0.05) is 18.2 Å². The van der Waals surface area contributed by atoms with E-state index < -0.39 is 0 Å². The minimum Gasteiger partial charge on any atom is -0.348 e. The van der Waals surface area contributed by atoms with Crippen molar-refractivity contribution in [1.29, 1.82) is 0 Å². The number of hydrogen-bond donors (Lipinski definition) is 3. The highest BCUT2D eigenvalue weighted by Gasteiger charge is 2.16. The number of rotatable bonds is 7.